The molecule has 0 bridgehead atoms. The summed E-state index contributed by atoms with van der Waals surface area (Å²) in [5, 5.41) is 6.30. The van der Waals surface area contributed by atoms with Crippen LogP contribution in [0, 0.1) is 0 Å². The summed E-state index contributed by atoms with van der Waals surface area (Å²) in [6, 6.07) is 26.0. The standard InChI is InChI=1S/C45H75O9PSi3/c1-31(2)46-56(47-32(3)4,48-33(5)6)43-25-19-40(20-26-43)55(41-21-27-44(28-22-41)57(49-34(7)8,50-35(9)10)51-36(11)12)42-23-29-45(30-24-42)58(52-37(13)14,53-38(15)16)54-39(17)18/h19-39H,1-18H3. The third-order valence-electron chi connectivity index (χ3n) is 7.95. The van der Waals surface area contributed by atoms with E-state index in [4.69, 9.17) is 39.8 Å². The molecule has 0 spiro atoms. The fourth-order valence-electron chi connectivity index (χ4n) is 6.55. The highest BCUT2D eigenvalue weighted by atomic mass is 31.1. The van der Waals surface area contributed by atoms with E-state index in [9.17, 15) is 0 Å². The Labute approximate surface area is 356 Å². The second-order valence-electron chi connectivity index (χ2n) is 17.1. The van der Waals surface area contributed by atoms with Crippen molar-refractivity contribution < 1.29 is 39.8 Å². The fraction of sp³-hybridized carbons (Fsp3) is 0.600. The van der Waals surface area contributed by atoms with Gasteiger partial charge in [0, 0.05) is 70.5 Å². The number of hydrogen-bond acceptors (Lipinski definition) is 9. The Balaban J connectivity index is 2.30. The second kappa shape index (κ2) is 22.5. The van der Waals surface area contributed by atoms with Crippen LogP contribution >= 0.6 is 7.92 Å². The molecule has 3 aromatic carbocycles. The van der Waals surface area contributed by atoms with Crippen molar-refractivity contribution in [1.29, 1.82) is 0 Å². The summed E-state index contributed by atoms with van der Waals surface area (Å²) in [7, 11) is -10.9. The summed E-state index contributed by atoms with van der Waals surface area (Å²) in [5.41, 5.74) is 0. The number of hydrogen-bond donors (Lipinski definition) is 0. The Morgan fingerprint density at radius 3 is 0.517 bits per heavy atom. The zero-order valence-corrected chi connectivity index (χ0v) is 42.6. The zero-order chi connectivity index (χ0) is 43.6. The average Bonchev–Trinajstić information content (AvgIpc) is 3.06. The van der Waals surface area contributed by atoms with Crippen LogP contribution in [0.4, 0.5) is 0 Å². The molecule has 0 aliphatic carbocycles. The van der Waals surface area contributed by atoms with E-state index in [1.54, 1.807) is 0 Å². The molecule has 9 nitrogen and oxygen atoms in total. The molecule has 0 unspecified atom stereocenters. The molecule has 0 aliphatic rings. The molecule has 0 amide bonds. The molecule has 0 N–H and O–H groups in total. The van der Waals surface area contributed by atoms with E-state index in [0.717, 1.165) is 15.6 Å². The van der Waals surface area contributed by atoms with Gasteiger partial charge in [0.1, 0.15) is 0 Å². The first-order valence-corrected chi connectivity index (χ1v) is 27.8. The maximum Gasteiger partial charge on any atom is 0.537 e. The van der Waals surface area contributed by atoms with E-state index in [1.165, 1.54) is 15.9 Å². The van der Waals surface area contributed by atoms with E-state index in [1.807, 2.05) is 125 Å². The summed E-state index contributed by atoms with van der Waals surface area (Å²) in [4.78, 5) is 0. The van der Waals surface area contributed by atoms with Crippen LogP contribution in [0.2, 0.25) is 0 Å². The van der Waals surface area contributed by atoms with Gasteiger partial charge in [-0.15, -0.1) is 0 Å². The molecule has 0 saturated heterocycles. The first-order chi connectivity index (χ1) is 27.0. The topological polar surface area (TPSA) is 83.1 Å². The summed E-state index contributed by atoms with van der Waals surface area (Å²) in [6.07, 6.45) is -0.730. The van der Waals surface area contributed by atoms with Gasteiger partial charge in [-0.3, -0.25) is 0 Å². The first kappa shape index (κ1) is 50.7. The van der Waals surface area contributed by atoms with E-state index in [-0.39, 0.29) is 54.9 Å². The molecule has 0 fully saturated rings. The summed E-state index contributed by atoms with van der Waals surface area (Å²) >= 11 is 0. The second-order valence-corrected chi connectivity index (χ2v) is 26.6. The van der Waals surface area contributed by atoms with E-state index >= 15 is 0 Å². The zero-order valence-electron chi connectivity index (χ0n) is 38.7. The molecule has 0 aliphatic heterocycles. The van der Waals surface area contributed by atoms with Crippen molar-refractivity contribution in [2.45, 2.75) is 180 Å². The third-order valence-corrected chi connectivity index (χ3v) is 20.6. The minimum Gasteiger partial charge on any atom is -0.367 e. The van der Waals surface area contributed by atoms with Gasteiger partial charge in [0.25, 0.3) is 0 Å². The van der Waals surface area contributed by atoms with Gasteiger partial charge in [-0.05, 0) is 148 Å². The molecule has 0 heterocycles. The lowest BCUT2D eigenvalue weighted by molar-refractivity contribution is 0.0142. The van der Waals surface area contributed by atoms with Crippen LogP contribution in [0.1, 0.15) is 125 Å². The molecule has 0 aromatic heterocycles. The summed E-state index contributed by atoms with van der Waals surface area (Å²) in [6.45, 7) is 36.5. The minimum absolute atomic E-state index is 0.0811. The Morgan fingerprint density at radius 1 is 0.259 bits per heavy atom. The van der Waals surface area contributed by atoms with Crippen molar-refractivity contribution >= 4 is 65.8 Å². The molecule has 58 heavy (non-hydrogen) atoms. The van der Waals surface area contributed by atoms with Crippen LogP contribution in [-0.4, -0.2) is 81.3 Å². The molecule has 13 heteroatoms. The maximum atomic E-state index is 6.61. The molecule has 0 atom stereocenters. The molecular formula is C45H75O9PSi3. The molecule has 3 aromatic rings. The van der Waals surface area contributed by atoms with Crippen molar-refractivity contribution in [1.82, 2.24) is 0 Å². The Morgan fingerprint density at radius 2 is 0.397 bits per heavy atom. The number of rotatable bonds is 24. The molecule has 3 rings (SSSR count). The maximum absolute atomic E-state index is 6.61. The van der Waals surface area contributed by atoms with Crippen molar-refractivity contribution in [3.8, 4) is 0 Å². The van der Waals surface area contributed by atoms with Crippen LogP contribution in [0.15, 0.2) is 72.8 Å². The monoisotopic (exact) mass is 874 g/mol. The highest BCUT2D eigenvalue weighted by Gasteiger charge is 2.49. The molecular weight excluding hydrogens is 800 g/mol. The quantitative estimate of drug-likeness (QED) is 0.0665. The van der Waals surface area contributed by atoms with Crippen LogP contribution in [0.25, 0.3) is 0 Å². The normalized spacial score (nSPS) is 13.4. The lowest BCUT2D eigenvalue weighted by atomic mass is 10.3. The van der Waals surface area contributed by atoms with Crippen molar-refractivity contribution in [2.24, 2.45) is 0 Å². The predicted molar refractivity (Wildman–Crippen MR) is 247 cm³/mol. The van der Waals surface area contributed by atoms with Gasteiger partial charge < -0.3 is 39.8 Å². The summed E-state index contributed by atoms with van der Waals surface area (Å²) in [5.74, 6) is 0. The highest BCUT2D eigenvalue weighted by molar-refractivity contribution is 7.79. The molecule has 0 radical (unpaired) electrons. The van der Waals surface area contributed by atoms with Crippen LogP contribution < -0.4 is 31.5 Å². The first-order valence-electron chi connectivity index (χ1n) is 21.2. The Kier molecular flexibility index (Phi) is 19.7. The van der Waals surface area contributed by atoms with Crippen LogP contribution in [0.5, 0.6) is 0 Å². The van der Waals surface area contributed by atoms with E-state index < -0.39 is 34.3 Å². The lowest BCUT2D eigenvalue weighted by Crippen LogP contribution is -2.60. The predicted octanol–water partition coefficient (Wildman–Crippen LogP) is 7.71. The van der Waals surface area contributed by atoms with Gasteiger partial charge in [-0.1, -0.05) is 72.8 Å². The lowest BCUT2D eigenvalue weighted by Gasteiger charge is -2.35. The van der Waals surface area contributed by atoms with Gasteiger partial charge in [-0.2, -0.15) is 0 Å². The summed E-state index contributed by atoms with van der Waals surface area (Å²) < 4.78 is 59.5. The molecule has 326 valence electrons. The van der Waals surface area contributed by atoms with Gasteiger partial charge in [-0.25, -0.2) is 0 Å². The van der Waals surface area contributed by atoms with Gasteiger partial charge in [0.05, 0.1) is 0 Å². The minimum atomic E-state index is -3.28. The van der Waals surface area contributed by atoms with E-state index in [2.05, 4.69) is 72.8 Å². The fourth-order valence-corrected chi connectivity index (χ4v) is 17.8. The van der Waals surface area contributed by atoms with Crippen LogP contribution in [0.3, 0.4) is 0 Å². The third kappa shape index (κ3) is 14.5. The van der Waals surface area contributed by atoms with Crippen molar-refractivity contribution in [2.75, 3.05) is 0 Å². The Hall–Kier alpha value is -1.62. The smallest absolute Gasteiger partial charge is 0.367 e. The Bertz CT molecular complexity index is 1360. The number of benzene rings is 3. The van der Waals surface area contributed by atoms with E-state index in [0.29, 0.717) is 0 Å². The van der Waals surface area contributed by atoms with Gasteiger partial charge >= 0.3 is 26.4 Å². The van der Waals surface area contributed by atoms with Crippen LogP contribution in [-0.2, 0) is 39.8 Å². The highest BCUT2D eigenvalue weighted by Crippen LogP contribution is 2.33. The van der Waals surface area contributed by atoms with Gasteiger partial charge in [0.15, 0.2) is 0 Å². The molecule has 0 saturated carbocycles. The van der Waals surface area contributed by atoms with Crippen molar-refractivity contribution in [3.05, 3.63) is 72.8 Å². The van der Waals surface area contributed by atoms with Crippen molar-refractivity contribution in [3.63, 3.8) is 0 Å². The average molecular weight is 875 g/mol. The largest absolute Gasteiger partial charge is 0.537 e. The van der Waals surface area contributed by atoms with Gasteiger partial charge in [0.2, 0.25) is 0 Å². The SMILES string of the molecule is CC(C)O[Si](OC(C)C)(OC(C)C)c1ccc(P(c2ccc([Si](OC(C)C)(OC(C)C)OC(C)C)cc2)c2ccc([Si](OC(C)C)(OC(C)C)OC(C)C)cc2)cc1.